The maximum absolute atomic E-state index is 6.68. The smallest absolute Gasteiger partial charge is 0.0314 e. The van der Waals surface area contributed by atoms with Gasteiger partial charge in [-0.2, -0.15) is 0 Å². The van der Waals surface area contributed by atoms with E-state index in [2.05, 4.69) is 33.8 Å². The van der Waals surface area contributed by atoms with E-state index in [0.29, 0.717) is 11.3 Å². The molecule has 0 aromatic rings. The first kappa shape index (κ1) is 19.0. The molecule has 0 aliphatic heterocycles. The van der Waals surface area contributed by atoms with Crippen LogP contribution in [0.4, 0.5) is 0 Å². The van der Waals surface area contributed by atoms with Crippen LogP contribution in [0, 0.1) is 17.3 Å². The third kappa shape index (κ3) is 5.08. The van der Waals surface area contributed by atoms with Gasteiger partial charge in [0.05, 0.1) is 0 Å². The Morgan fingerprint density at radius 2 is 1.48 bits per heavy atom. The zero-order valence-electron chi connectivity index (χ0n) is 16.3. The summed E-state index contributed by atoms with van der Waals surface area (Å²) >= 11 is 0. The summed E-state index contributed by atoms with van der Waals surface area (Å²) in [6, 6.07) is 0. The van der Waals surface area contributed by atoms with Crippen molar-refractivity contribution in [1.82, 2.24) is 0 Å². The van der Waals surface area contributed by atoms with Crippen LogP contribution in [0.2, 0.25) is 0 Å². The van der Waals surface area contributed by atoms with Gasteiger partial charge >= 0.3 is 0 Å². The molecular weight excluding hydrogens is 278 g/mol. The second-order valence-electron chi connectivity index (χ2n) is 9.12. The van der Waals surface area contributed by atoms with Gasteiger partial charge in [0.15, 0.2) is 0 Å². The number of hydrogen-bond acceptors (Lipinski definition) is 1. The van der Waals surface area contributed by atoms with Gasteiger partial charge in [0, 0.05) is 5.54 Å². The van der Waals surface area contributed by atoms with Crippen molar-refractivity contribution >= 4 is 0 Å². The molecule has 2 rings (SSSR count). The fraction of sp³-hybridized carbons (Fsp3) is 0.909. The number of nitrogens with two attached hydrogens (primary N) is 1. The normalized spacial score (nSPS) is 30.5. The van der Waals surface area contributed by atoms with Gasteiger partial charge in [-0.3, -0.25) is 0 Å². The second kappa shape index (κ2) is 8.19. The standard InChI is InChI=1S/C22H41N/c1-5-22(4,18-16-17-18)20-15-13-11-9-7-6-8-10-12-14-19(20)21(2,3)23/h14,18,20H,5-13,15-17,23H2,1-4H3/b19-14+. The molecule has 1 fully saturated rings. The molecule has 23 heavy (non-hydrogen) atoms. The van der Waals surface area contributed by atoms with Crippen molar-refractivity contribution in [1.29, 1.82) is 0 Å². The van der Waals surface area contributed by atoms with E-state index in [1.165, 1.54) is 77.0 Å². The molecule has 0 radical (unpaired) electrons. The Morgan fingerprint density at radius 1 is 0.913 bits per heavy atom. The zero-order valence-corrected chi connectivity index (χ0v) is 16.3. The first-order valence-electron chi connectivity index (χ1n) is 10.4. The van der Waals surface area contributed by atoms with Gasteiger partial charge in [0.2, 0.25) is 0 Å². The Kier molecular flexibility index (Phi) is 6.77. The van der Waals surface area contributed by atoms with Crippen molar-refractivity contribution in [2.24, 2.45) is 23.0 Å². The molecule has 0 aromatic carbocycles. The first-order valence-corrected chi connectivity index (χ1v) is 10.4. The molecule has 2 aliphatic carbocycles. The molecule has 2 atom stereocenters. The molecule has 0 bridgehead atoms. The monoisotopic (exact) mass is 319 g/mol. The number of allylic oxidation sites excluding steroid dienone is 1. The topological polar surface area (TPSA) is 26.0 Å². The van der Waals surface area contributed by atoms with Crippen LogP contribution in [0.15, 0.2) is 11.6 Å². The summed E-state index contributed by atoms with van der Waals surface area (Å²) in [4.78, 5) is 0. The van der Waals surface area contributed by atoms with Crippen LogP contribution < -0.4 is 5.73 Å². The molecule has 0 heterocycles. The molecule has 1 saturated carbocycles. The molecule has 0 saturated heterocycles. The minimum atomic E-state index is -0.167. The summed E-state index contributed by atoms with van der Waals surface area (Å²) in [7, 11) is 0. The van der Waals surface area contributed by atoms with Gasteiger partial charge in [-0.15, -0.1) is 0 Å². The maximum Gasteiger partial charge on any atom is 0.0314 e. The van der Waals surface area contributed by atoms with Gasteiger partial charge in [0.25, 0.3) is 0 Å². The summed E-state index contributed by atoms with van der Waals surface area (Å²) < 4.78 is 0. The summed E-state index contributed by atoms with van der Waals surface area (Å²) in [5.74, 6) is 1.63. The van der Waals surface area contributed by atoms with Crippen molar-refractivity contribution in [3.63, 3.8) is 0 Å². The summed E-state index contributed by atoms with van der Waals surface area (Å²) in [5.41, 5.74) is 8.56. The lowest BCUT2D eigenvalue weighted by Gasteiger charge is -2.43. The lowest BCUT2D eigenvalue weighted by Crippen LogP contribution is -2.43. The van der Waals surface area contributed by atoms with Crippen molar-refractivity contribution in [2.75, 3.05) is 0 Å². The van der Waals surface area contributed by atoms with E-state index in [1.807, 2.05) is 0 Å². The Labute approximate surface area is 145 Å². The molecule has 134 valence electrons. The van der Waals surface area contributed by atoms with E-state index < -0.39 is 0 Å². The SMILES string of the molecule is CCC(C)(C1CC1)C1CCCCCCCCC/C=C\1C(C)(C)N. The summed E-state index contributed by atoms with van der Waals surface area (Å²) in [6.07, 6.45) is 19.2. The molecule has 0 spiro atoms. The average molecular weight is 320 g/mol. The fourth-order valence-corrected chi connectivity index (χ4v) is 4.89. The van der Waals surface area contributed by atoms with Crippen molar-refractivity contribution < 1.29 is 0 Å². The van der Waals surface area contributed by atoms with Crippen molar-refractivity contribution in [3.05, 3.63) is 11.6 Å². The Balaban J connectivity index is 2.28. The predicted molar refractivity (Wildman–Crippen MR) is 103 cm³/mol. The van der Waals surface area contributed by atoms with Crippen LogP contribution >= 0.6 is 0 Å². The number of hydrogen-bond donors (Lipinski definition) is 1. The molecule has 1 nitrogen and oxygen atoms in total. The molecule has 0 aromatic heterocycles. The minimum Gasteiger partial charge on any atom is -0.322 e. The van der Waals surface area contributed by atoms with Crippen molar-refractivity contribution in [2.45, 2.75) is 110 Å². The molecule has 2 N–H and O–H groups in total. The van der Waals surface area contributed by atoms with Crippen LogP contribution in [0.1, 0.15) is 105 Å². The average Bonchev–Trinajstić information content (AvgIpc) is 3.30. The van der Waals surface area contributed by atoms with Gasteiger partial charge in [-0.05, 0) is 69.6 Å². The highest BCUT2D eigenvalue weighted by Gasteiger charge is 2.47. The van der Waals surface area contributed by atoms with E-state index in [4.69, 9.17) is 5.73 Å². The Bertz CT molecular complexity index is 385. The molecular formula is C22H41N. The van der Waals surface area contributed by atoms with Crippen LogP contribution in [0.5, 0.6) is 0 Å². The van der Waals surface area contributed by atoms with Gasteiger partial charge in [0.1, 0.15) is 0 Å². The minimum absolute atomic E-state index is 0.167. The third-order valence-electron chi connectivity index (χ3n) is 6.75. The lowest BCUT2D eigenvalue weighted by atomic mass is 9.63. The highest BCUT2D eigenvalue weighted by atomic mass is 14.7. The third-order valence-corrected chi connectivity index (χ3v) is 6.75. The Hall–Kier alpha value is -0.300. The predicted octanol–water partition coefficient (Wildman–Crippen LogP) is 6.62. The molecule has 1 heteroatoms. The van der Waals surface area contributed by atoms with E-state index in [-0.39, 0.29) is 5.54 Å². The van der Waals surface area contributed by atoms with E-state index >= 15 is 0 Å². The largest absolute Gasteiger partial charge is 0.322 e. The maximum atomic E-state index is 6.68. The van der Waals surface area contributed by atoms with E-state index in [0.717, 1.165) is 5.92 Å². The van der Waals surface area contributed by atoms with Crippen LogP contribution in [0.25, 0.3) is 0 Å². The van der Waals surface area contributed by atoms with Gasteiger partial charge < -0.3 is 5.73 Å². The lowest BCUT2D eigenvalue weighted by molar-refractivity contribution is 0.145. The summed E-state index contributed by atoms with van der Waals surface area (Å²) in [5, 5.41) is 0. The highest BCUT2D eigenvalue weighted by molar-refractivity contribution is 5.23. The van der Waals surface area contributed by atoms with Gasteiger partial charge in [-0.1, -0.05) is 64.0 Å². The highest BCUT2D eigenvalue weighted by Crippen LogP contribution is 2.56. The van der Waals surface area contributed by atoms with Crippen LogP contribution in [-0.2, 0) is 0 Å². The number of rotatable bonds is 4. The fourth-order valence-electron chi connectivity index (χ4n) is 4.89. The molecule has 2 unspecified atom stereocenters. The molecule has 0 amide bonds. The summed E-state index contributed by atoms with van der Waals surface area (Å²) in [6.45, 7) is 9.46. The molecule has 2 aliphatic rings. The second-order valence-corrected chi connectivity index (χ2v) is 9.12. The first-order chi connectivity index (χ1) is 10.9. The van der Waals surface area contributed by atoms with Gasteiger partial charge in [-0.25, -0.2) is 0 Å². The van der Waals surface area contributed by atoms with E-state index in [1.54, 1.807) is 5.57 Å². The van der Waals surface area contributed by atoms with Crippen LogP contribution in [-0.4, -0.2) is 5.54 Å². The van der Waals surface area contributed by atoms with E-state index in [9.17, 15) is 0 Å². The zero-order chi connectivity index (χ0) is 16.9. The van der Waals surface area contributed by atoms with Crippen LogP contribution in [0.3, 0.4) is 0 Å². The quantitative estimate of drug-likeness (QED) is 0.579. The Morgan fingerprint density at radius 3 is 2.00 bits per heavy atom. The van der Waals surface area contributed by atoms with Crippen molar-refractivity contribution in [3.8, 4) is 0 Å².